The van der Waals surface area contributed by atoms with E-state index in [1.807, 2.05) is 25.3 Å². The van der Waals surface area contributed by atoms with Gasteiger partial charge in [-0.15, -0.1) is 0 Å². The van der Waals surface area contributed by atoms with Crippen molar-refractivity contribution in [3.63, 3.8) is 0 Å². The molecule has 42 heavy (non-hydrogen) atoms. The van der Waals surface area contributed by atoms with Gasteiger partial charge in [0.05, 0.1) is 5.25 Å². The number of aryl methyl sites for hydroxylation is 1. The Balaban J connectivity index is 1.89. The van der Waals surface area contributed by atoms with Gasteiger partial charge in [-0.2, -0.15) is 11.8 Å². The van der Waals surface area contributed by atoms with Gasteiger partial charge in [0.1, 0.15) is 12.1 Å². The van der Waals surface area contributed by atoms with Crippen LogP contribution in [-0.4, -0.2) is 77.1 Å². The van der Waals surface area contributed by atoms with Crippen molar-refractivity contribution < 1.29 is 28.8 Å². The Morgan fingerprint density at radius 2 is 1.69 bits per heavy atom. The summed E-state index contributed by atoms with van der Waals surface area (Å²) in [5, 5.41) is 10.5. The fraction of sp³-hybridized carbons (Fsp3) is 0.586. The van der Waals surface area contributed by atoms with Crippen LogP contribution in [0.25, 0.3) is 0 Å². The maximum absolute atomic E-state index is 13.2. The Morgan fingerprint density at radius 3 is 2.29 bits per heavy atom. The number of nitrogens with zero attached hydrogens (tertiary/aromatic N) is 1. The molecule has 0 spiro atoms. The van der Waals surface area contributed by atoms with Crippen LogP contribution >= 0.6 is 11.8 Å². The number of thioether (sulfide) groups is 1. The summed E-state index contributed by atoms with van der Waals surface area (Å²) in [5.41, 5.74) is 6.73. The van der Waals surface area contributed by atoms with Crippen LogP contribution in [0.15, 0.2) is 24.3 Å². The first-order chi connectivity index (χ1) is 19.9. The third-order valence-corrected chi connectivity index (χ3v) is 7.90. The van der Waals surface area contributed by atoms with Crippen molar-refractivity contribution in [3.05, 3.63) is 29.8 Å². The molecular formula is C29H44N6O6S. The topological polar surface area (TPSA) is 180 Å². The molecular weight excluding hydrogens is 560 g/mol. The van der Waals surface area contributed by atoms with Crippen molar-refractivity contribution in [2.45, 2.75) is 83.1 Å². The van der Waals surface area contributed by atoms with E-state index in [-0.39, 0.29) is 54.7 Å². The van der Waals surface area contributed by atoms with E-state index in [4.69, 9.17) is 5.73 Å². The third kappa shape index (κ3) is 11.3. The number of primary amides is 1. The number of amides is 7. The van der Waals surface area contributed by atoms with Gasteiger partial charge in [-0.05, 0) is 56.9 Å². The summed E-state index contributed by atoms with van der Waals surface area (Å²) in [6.07, 6.45) is 4.64. The van der Waals surface area contributed by atoms with Crippen molar-refractivity contribution in [3.8, 4) is 0 Å². The highest BCUT2D eigenvalue weighted by Gasteiger charge is 2.37. The van der Waals surface area contributed by atoms with Crippen LogP contribution in [-0.2, 0) is 24.0 Å². The summed E-state index contributed by atoms with van der Waals surface area (Å²) in [5.74, 6) is -1.75. The summed E-state index contributed by atoms with van der Waals surface area (Å²) >= 11 is 1.38. The van der Waals surface area contributed by atoms with Gasteiger partial charge in [-0.25, -0.2) is 4.79 Å². The Labute approximate surface area is 251 Å². The Hall–Kier alpha value is -3.61. The molecule has 1 aromatic rings. The molecule has 1 unspecified atom stereocenters. The number of benzene rings is 1. The fourth-order valence-electron chi connectivity index (χ4n) is 4.50. The van der Waals surface area contributed by atoms with Crippen molar-refractivity contribution in [2.24, 2.45) is 11.7 Å². The monoisotopic (exact) mass is 604 g/mol. The average Bonchev–Trinajstić information content (AvgIpc) is 3.21. The van der Waals surface area contributed by atoms with Crippen LogP contribution in [0.1, 0.15) is 64.4 Å². The van der Waals surface area contributed by atoms with E-state index in [9.17, 15) is 28.8 Å². The fourth-order valence-corrected chi connectivity index (χ4v) is 5.14. The molecule has 0 radical (unpaired) electrons. The van der Waals surface area contributed by atoms with Crippen LogP contribution in [0.2, 0.25) is 0 Å². The van der Waals surface area contributed by atoms with Crippen molar-refractivity contribution in [1.29, 1.82) is 0 Å². The first kappa shape index (κ1) is 34.6. The predicted octanol–water partition coefficient (Wildman–Crippen LogP) is 2.06. The van der Waals surface area contributed by atoms with Gasteiger partial charge < -0.3 is 27.0 Å². The number of unbranched alkanes of at least 4 members (excludes halogenated alkanes) is 2. The number of carbonyl (C=O) groups is 6. The van der Waals surface area contributed by atoms with E-state index in [2.05, 4.69) is 21.3 Å². The lowest BCUT2D eigenvalue weighted by Crippen LogP contribution is -2.54. The minimum Gasteiger partial charge on any atom is -0.352 e. The minimum atomic E-state index is -0.909. The number of likely N-dealkylation sites (tertiary alicyclic amines) is 1. The Morgan fingerprint density at radius 1 is 1.00 bits per heavy atom. The zero-order valence-corrected chi connectivity index (χ0v) is 25.7. The predicted molar refractivity (Wildman–Crippen MR) is 162 cm³/mol. The zero-order valence-electron chi connectivity index (χ0n) is 24.9. The molecule has 1 aliphatic rings. The summed E-state index contributed by atoms with van der Waals surface area (Å²) in [7, 11) is 0. The molecule has 1 aromatic carbocycles. The molecule has 1 aliphatic heterocycles. The number of nitrogens with two attached hydrogens (primary N) is 1. The van der Waals surface area contributed by atoms with Gasteiger partial charge in [0.2, 0.25) is 29.5 Å². The molecule has 1 fully saturated rings. The van der Waals surface area contributed by atoms with Gasteiger partial charge in [-0.1, -0.05) is 38.0 Å². The van der Waals surface area contributed by atoms with Crippen LogP contribution in [0, 0.1) is 12.8 Å². The number of urea groups is 1. The summed E-state index contributed by atoms with van der Waals surface area (Å²) in [6.45, 7) is 6.11. The highest BCUT2D eigenvalue weighted by molar-refractivity contribution is 8.00. The lowest BCUT2D eigenvalue weighted by atomic mass is 10.0. The molecule has 232 valence electrons. The maximum Gasteiger partial charge on any atom is 0.312 e. The molecule has 12 nitrogen and oxygen atoms in total. The summed E-state index contributed by atoms with van der Waals surface area (Å²) in [6, 6.07) is 4.80. The SMILES string of the molecule is CSC1CC(=O)N(CCCCCC(=O)N[C@H](C(=O)N[C@@H](CCCNC(N)=O)C(=O)Nc2ccc(C)cc2)C(C)C)C1=O. The number of nitrogens with one attached hydrogen (secondary N) is 4. The van der Waals surface area contributed by atoms with Gasteiger partial charge in [0.25, 0.3) is 0 Å². The molecule has 0 bridgehead atoms. The molecule has 1 saturated heterocycles. The maximum atomic E-state index is 13.2. The normalized spacial score (nSPS) is 16.2. The molecule has 0 aromatic heterocycles. The van der Waals surface area contributed by atoms with Gasteiger partial charge in [0.15, 0.2) is 0 Å². The van der Waals surface area contributed by atoms with E-state index in [1.165, 1.54) is 16.7 Å². The molecule has 0 saturated carbocycles. The molecule has 7 amide bonds. The number of rotatable bonds is 17. The second-order valence-electron chi connectivity index (χ2n) is 10.8. The number of imide groups is 1. The second-order valence-corrected chi connectivity index (χ2v) is 11.8. The van der Waals surface area contributed by atoms with Crippen LogP contribution in [0.3, 0.4) is 0 Å². The summed E-state index contributed by atoms with van der Waals surface area (Å²) in [4.78, 5) is 75.6. The number of anilines is 1. The summed E-state index contributed by atoms with van der Waals surface area (Å²) < 4.78 is 0. The van der Waals surface area contributed by atoms with E-state index in [1.54, 1.807) is 26.0 Å². The zero-order chi connectivity index (χ0) is 31.2. The third-order valence-electron chi connectivity index (χ3n) is 6.96. The average molecular weight is 605 g/mol. The Bertz CT molecular complexity index is 1110. The molecule has 3 atom stereocenters. The Kier molecular flexibility index (Phi) is 14.3. The van der Waals surface area contributed by atoms with E-state index < -0.39 is 29.9 Å². The molecule has 6 N–H and O–H groups in total. The van der Waals surface area contributed by atoms with Gasteiger partial charge >= 0.3 is 6.03 Å². The van der Waals surface area contributed by atoms with Crippen LogP contribution in [0.5, 0.6) is 0 Å². The van der Waals surface area contributed by atoms with Crippen LogP contribution < -0.4 is 27.0 Å². The molecule has 2 rings (SSSR count). The van der Waals surface area contributed by atoms with E-state index in [0.717, 1.165) is 5.56 Å². The first-order valence-electron chi connectivity index (χ1n) is 14.3. The lowest BCUT2D eigenvalue weighted by Gasteiger charge is -2.25. The number of hydrogen-bond acceptors (Lipinski definition) is 7. The van der Waals surface area contributed by atoms with Crippen LogP contribution in [0.4, 0.5) is 10.5 Å². The van der Waals surface area contributed by atoms with Crippen molar-refractivity contribution >= 4 is 53.0 Å². The van der Waals surface area contributed by atoms with E-state index in [0.29, 0.717) is 37.9 Å². The van der Waals surface area contributed by atoms with E-state index >= 15 is 0 Å². The smallest absolute Gasteiger partial charge is 0.312 e. The highest BCUT2D eigenvalue weighted by atomic mass is 32.2. The minimum absolute atomic E-state index is 0.147. The standard InChI is InChI=1S/C29H44N6O6S/c1-18(2)25(34-23(36)10-6-5-7-16-35-24(37)17-22(42-4)28(35)40)27(39)33-21(9-8-15-31-29(30)41)26(38)32-20-13-11-19(3)12-14-20/h11-14,18,21-22,25H,5-10,15-17H2,1-4H3,(H,32,38)(H,33,39)(H,34,36)(H3,30,31,41)/t21-,22?,25-/m0/s1. The first-order valence-corrected chi connectivity index (χ1v) is 15.6. The molecule has 13 heteroatoms. The van der Waals surface area contributed by atoms with Gasteiger partial charge in [-0.3, -0.25) is 28.9 Å². The molecule has 0 aliphatic carbocycles. The number of hydrogen-bond donors (Lipinski definition) is 5. The van der Waals surface area contributed by atoms with Gasteiger partial charge in [0, 0.05) is 31.6 Å². The highest BCUT2D eigenvalue weighted by Crippen LogP contribution is 2.23. The second kappa shape index (κ2) is 17.4. The largest absolute Gasteiger partial charge is 0.352 e. The lowest BCUT2D eigenvalue weighted by molar-refractivity contribution is -0.138. The molecule has 1 heterocycles. The quantitative estimate of drug-likeness (QED) is 0.133. The van der Waals surface area contributed by atoms with Crippen molar-refractivity contribution in [1.82, 2.24) is 20.9 Å². The van der Waals surface area contributed by atoms with Crippen molar-refractivity contribution in [2.75, 3.05) is 24.7 Å². The number of carbonyl (C=O) groups excluding carboxylic acids is 6.